The van der Waals surface area contributed by atoms with Crippen LogP contribution in [0.15, 0.2) is 79.3 Å². The van der Waals surface area contributed by atoms with Crippen LogP contribution in [0.1, 0.15) is 28.9 Å². The molecule has 1 aliphatic heterocycles. The van der Waals surface area contributed by atoms with Crippen LogP contribution in [0.5, 0.6) is 0 Å². The Kier molecular flexibility index (Phi) is 6.47. The van der Waals surface area contributed by atoms with Crippen molar-refractivity contribution in [2.45, 2.75) is 25.8 Å². The molecule has 0 spiro atoms. The third kappa shape index (κ3) is 4.59. The number of pyridine rings is 1. The topological polar surface area (TPSA) is 88.8 Å². The summed E-state index contributed by atoms with van der Waals surface area (Å²) in [6, 6.07) is 21.1. The number of benzene rings is 2. The van der Waals surface area contributed by atoms with E-state index in [0.717, 1.165) is 48.7 Å². The predicted molar refractivity (Wildman–Crippen MR) is 149 cm³/mol. The number of carbonyl (C=O) groups excluding carboxylic acids is 1. The van der Waals surface area contributed by atoms with Gasteiger partial charge in [0.15, 0.2) is 17.0 Å². The van der Waals surface area contributed by atoms with Crippen LogP contribution in [0.3, 0.4) is 0 Å². The number of nitrogens with one attached hydrogen (secondary N) is 1. The predicted octanol–water partition coefficient (Wildman–Crippen LogP) is 5.24. The lowest BCUT2D eigenvalue weighted by Crippen LogP contribution is -2.45. The van der Waals surface area contributed by atoms with E-state index in [4.69, 9.17) is 16.6 Å². The average Bonchev–Trinajstić information content (AvgIpc) is 3.34. The summed E-state index contributed by atoms with van der Waals surface area (Å²) in [5, 5.41) is 3.78. The summed E-state index contributed by atoms with van der Waals surface area (Å²) in [4.78, 5) is 33.7. The lowest BCUT2D eigenvalue weighted by molar-refractivity contribution is 0.0931. The van der Waals surface area contributed by atoms with Gasteiger partial charge in [-0.1, -0.05) is 41.9 Å². The molecule has 1 aliphatic rings. The molecule has 0 aliphatic carbocycles. The van der Waals surface area contributed by atoms with Crippen molar-refractivity contribution in [3.8, 4) is 17.1 Å². The standard InChI is InChI=1S/C29H26ClN7O/c1-19-11-12-22(17-31-19)37-26(23-9-5-6-10-24(23)30)35-25-27(32-18-33-28(25)37)36-15-13-21(14-16-36)34-29(38)20-7-3-2-4-8-20/h2-12,17-18,21H,13-16H2,1H3,(H,34,38). The average molecular weight is 524 g/mol. The minimum absolute atomic E-state index is 0.0386. The lowest BCUT2D eigenvalue weighted by Gasteiger charge is -2.33. The number of aryl methyl sites for hydroxylation is 1. The molecule has 1 N–H and O–H groups in total. The van der Waals surface area contributed by atoms with Gasteiger partial charge in [-0.2, -0.15) is 0 Å². The van der Waals surface area contributed by atoms with Crippen LogP contribution in [0, 0.1) is 6.92 Å². The van der Waals surface area contributed by atoms with Crippen molar-refractivity contribution >= 4 is 34.5 Å². The molecule has 2 aromatic carbocycles. The smallest absolute Gasteiger partial charge is 0.251 e. The van der Waals surface area contributed by atoms with Crippen molar-refractivity contribution in [1.82, 2.24) is 29.8 Å². The number of imidazole rings is 1. The number of hydrogen-bond acceptors (Lipinski definition) is 6. The van der Waals surface area contributed by atoms with Gasteiger partial charge in [0.1, 0.15) is 12.2 Å². The molecule has 190 valence electrons. The summed E-state index contributed by atoms with van der Waals surface area (Å²) in [7, 11) is 0. The summed E-state index contributed by atoms with van der Waals surface area (Å²) in [6.07, 6.45) is 5.02. The van der Waals surface area contributed by atoms with Crippen LogP contribution >= 0.6 is 11.6 Å². The Bertz CT molecular complexity index is 1590. The number of anilines is 1. The van der Waals surface area contributed by atoms with Gasteiger partial charge in [0.05, 0.1) is 16.9 Å². The molecule has 1 amide bonds. The molecule has 38 heavy (non-hydrogen) atoms. The summed E-state index contributed by atoms with van der Waals surface area (Å²) >= 11 is 6.61. The molecule has 0 bridgehead atoms. The summed E-state index contributed by atoms with van der Waals surface area (Å²) < 4.78 is 1.99. The lowest BCUT2D eigenvalue weighted by atomic mass is 10.0. The number of fused-ring (bicyclic) bond motifs is 1. The molecule has 0 saturated carbocycles. The number of hydrogen-bond donors (Lipinski definition) is 1. The maximum Gasteiger partial charge on any atom is 0.251 e. The second-order valence-corrected chi connectivity index (χ2v) is 9.79. The van der Waals surface area contributed by atoms with Crippen molar-refractivity contribution < 1.29 is 4.79 Å². The third-order valence-electron chi connectivity index (χ3n) is 6.86. The first-order chi connectivity index (χ1) is 18.6. The Balaban J connectivity index is 1.33. The van der Waals surface area contributed by atoms with Crippen molar-refractivity contribution in [2.24, 2.45) is 0 Å². The summed E-state index contributed by atoms with van der Waals surface area (Å²) in [5.41, 5.74) is 4.65. The highest BCUT2D eigenvalue weighted by Crippen LogP contribution is 2.35. The van der Waals surface area contributed by atoms with E-state index in [1.54, 1.807) is 6.33 Å². The third-order valence-corrected chi connectivity index (χ3v) is 7.19. The molecule has 0 unspecified atom stereocenters. The zero-order valence-corrected chi connectivity index (χ0v) is 21.6. The van der Waals surface area contributed by atoms with Gasteiger partial charge >= 0.3 is 0 Å². The highest BCUT2D eigenvalue weighted by Gasteiger charge is 2.26. The molecule has 0 radical (unpaired) electrons. The number of nitrogens with zero attached hydrogens (tertiary/aromatic N) is 6. The first-order valence-electron chi connectivity index (χ1n) is 12.6. The first kappa shape index (κ1) is 24.1. The second-order valence-electron chi connectivity index (χ2n) is 9.38. The van der Waals surface area contributed by atoms with Gasteiger partial charge < -0.3 is 10.2 Å². The van der Waals surface area contributed by atoms with Gasteiger partial charge in [0, 0.05) is 36.0 Å². The van der Waals surface area contributed by atoms with Gasteiger partial charge in [0.2, 0.25) is 0 Å². The van der Waals surface area contributed by atoms with E-state index in [0.29, 0.717) is 27.6 Å². The van der Waals surface area contributed by atoms with E-state index < -0.39 is 0 Å². The Hall–Kier alpha value is -4.30. The Morgan fingerprint density at radius 2 is 1.71 bits per heavy atom. The molecule has 6 rings (SSSR count). The molecule has 3 aromatic heterocycles. The van der Waals surface area contributed by atoms with E-state index in [1.807, 2.05) is 84.4 Å². The first-order valence-corrected chi connectivity index (χ1v) is 13.0. The zero-order valence-electron chi connectivity index (χ0n) is 20.9. The highest BCUT2D eigenvalue weighted by atomic mass is 35.5. The zero-order chi connectivity index (χ0) is 26.1. The van der Waals surface area contributed by atoms with Crippen LogP contribution in [0.25, 0.3) is 28.2 Å². The van der Waals surface area contributed by atoms with Crippen molar-refractivity contribution in [1.29, 1.82) is 0 Å². The number of piperidine rings is 1. The SMILES string of the molecule is Cc1ccc(-n2c(-c3ccccc3Cl)nc3c(N4CCC(NC(=O)c5ccccc5)CC4)ncnc32)cn1. The van der Waals surface area contributed by atoms with Crippen LogP contribution in [-0.4, -0.2) is 49.5 Å². The van der Waals surface area contributed by atoms with Crippen LogP contribution in [0.2, 0.25) is 5.02 Å². The molecular weight excluding hydrogens is 498 g/mol. The minimum atomic E-state index is -0.0386. The molecule has 4 heterocycles. The molecule has 1 saturated heterocycles. The normalized spacial score (nSPS) is 14.1. The Labute approximate surface area is 225 Å². The van der Waals surface area contributed by atoms with E-state index >= 15 is 0 Å². The van der Waals surface area contributed by atoms with Crippen LogP contribution in [0.4, 0.5) is 5.82 Å². The number of halogens is 1. The van der Waals surface area contributed by atoms with Gasteiger partial charge in [-0.3, -0.25) is 14.3 Å². The second kappa shape index (κ2) is 10.2. The number of rotatable bonds is 5. The minimum Gasteiger partial charge on any atom is -0.355 e. The highest BCUT2D eigenvalue weighted by molar-refractivity contribution is 6.33. The fourth-order valence-electron chi connectivity index (χ4n) is 4.87. The number of carbonyl (C=O) groups is 1. The Morgan fingerprint density at radius 3 is 2.45 bits per heavy atom. The fraction of sp³-hybridized carbons (Fsp3) is 0.207. The molecule has 9 heteroatoms. The van der Waals surface area contributed by atoms with Crippen molar-refractivity contribution in [3.63, 3.8) is 0 Å². The number of amides is 1. The summed E-state index contributed by atoms with van der Waals surface area (Å²) in [6.45, 7) is 3.44. The molecule has 8 nitrogen and oxygen atoms in total. The quantitative estimate of drug-likeness (QED) is 0.339. The van der Waals surface area contributed by atoms with Gasteiger partial charge in [0.25, 0.3) is 5.91 Å². The van der Waals surface area contributed by atoms with E-state index in [1.165, 1.54) is 0 Å². The van der Waals surface area contributed by atoms with E-state index in [-0.39, 0.29) is 11.9 Å². The molecule has 1 fully saturated rings. The maximum atomic E-state index is 12.6. The molecule has 0 atom stereocenters. The van der Waals surface area contributed by atoms with E-state index in [9.17, 15) is 4.79 Å². The van der Waals surface area contributed by atoms with Crippen LogP contribution < -0.4 is 10.2 Å². The largest absolute Gasteiger partial charge is 0.355 e. The van der Waals surface area contributed by atoms with Gasteiger partial charge in [-0.05, 0) is 56.2 Å². The summed E-state index contributed by atoms with van der Waals surface area (Å²) in [5.74, 6) is 1.42. The molecule has 5 aromatic rings. The monoisotopic (exact) mass is 523 g/mol. The fourth-order valence-corrected chi connectivity index (χ4v) is 5.09. The Morgan fingerprint density at radius 1 is 0.947 bits per heavy atom. The van der Waals surface area contributed by atoms with E-state index in [2.05, 4.69) is 25.2 Å². The molecular formula is C29H26ClN7O. The van der Waals surface area contributed by atoms with Crippen molar-refractivity contribution in [3.05, 3.63) is 95.5 Å². The van der Waals surface area contributed by atoms with Gasteiger partial charge in [-0.25, -0.2) is 15.0 Å². The number of aromatic nitrogens is 5. The maximum absolute atomic E-state index is 12.6. The van der Waals surface area contributed by atoms with Crippen LogP contribution in [-0.2, 0) is 0 Å². The van der Waals surface area contributed by atoms with Crippen molar-refractivity contribution in [2.75, 3.05) is 18.0 Å². The van der Waals surface area contributed by atoms with Gasteiger partial charge in [-0.15, -0.1) is 0 Å².